The molecule has 0 spiro atoms. The molecule has 0 fully saturated rings. The van der Waals surface area contributed by atoms with E-state index in [9.17, 15) is 9.18 Å². The van der Waals surface area contributed by atoms with Crippen molar-refractivity contribution >= 4 is 16.8 Å². The first-order valence-electron chi connectivity index (χ1n) is 6.23. The Kier molecular flexibility index (Phi) is 3.02. The first-order chi connectivity index (χ1) is 9.61. The van der Waals surface area contributed by atoms with Crippen molar-refractivity contribution in [2.45, 2.75) is 13.5 Å². The summed E-state index contributed by atoms with van der Waals surface area (Å²) < 4.78 is 18.1. The lowest BCUT2D eigenvalue weighted by Crippen LogP contribution is -2.00. The molecular weight excluding hydrogens is 259 g/mol. The minimum absolute atomic E-state index is 0.203. The van der Waals surface area contributed by atoms with Crippen molar-refractivity contribution in [1.29, 1.82) is 0 Å². The number of hydrogen-bond acceptors (Lipinski definition) is 3. The summed E-state index contributed by atoms with van der Waals surface area (Å²) in [6.07, 6.45) is 0. The van der Waals surface area contributed by atoms with E-state index in [-0.39, 0.29) is 5.82 Å². The van der Waals surface area contributed by atoms with E-state index in [2.05, 4.69) is 10.3 Å². The molecular formula is C15H13FN2O2. The molecule has 0 saturated heterocycles. The van der Waals surface area contributed by atoms with Gasteiger partial charge < -0.3 is 9.73 Å². The number of halogens is 1. The zero-order valence-electron chi connectivity index (χ0n) is 10.9. The first kappa shape index (κ1) is 12.5. The molecule has 0 aliphatic rings. The highest BCUT2D eigenvalue weighted by Gasteiger charge is 2.03. The number of aryl methyl sites for hydroxylation is 1. The SMILES string of the molecule is Cc1cc(CNc2ccc3oc(=O)[nH]c3c2)ccc1F. The normalized spacial score (nSPS) is 10.9. The lowest BCUT2D eigenvalue weighted by atomic mass is 10.1. The highest BCUT2D eigenvalue weighted by atomic mass is 19.1. The van der Waals surface area contributed by atoms with Gasteiger partial charge in [-0.25, -0.2) is 9.18 Å². The van der Waals surface area contributed by atoms with Gasteiger partial charge >= 0.3 is 5.76 Å². The van der Waals surface area contributed by atoms with Gasteiger partial charge in [-0.05, 0) is 42.3 Å². The molecule has 3 rings (SSSR count). The first-order valence-corrected chi connectivity index (χ1v) is 6.23. The van der Waals surface area contributed by atoms with Crippen LogP contribution in [0.5, 0.6) is 0 Å². The second kappa shape index (κ2) is 4.85. The Hall–Kier alpha value is -2.56. The number of nitrogens with one attached hydrogen (secondary N) is 2. The molecule has 1 heterocycles. The van der Waals surface area contributed by atoms with E-state index in [1.807, 2.05) is 6.07 Å². The van der Waals surface area contributed by atoms with Crippen LogP contribution in [-0.2, 0) is 6.54 Å². The van der Waals surface area contributed by atoms with E-state index in [1.165, 1.54) is 6.07 Å². The number of aromatic amines is 1. The second-order valence-corrected chi connectivity index (χ2v) is 4.66. The maximum atomic E-state index is 13.2. The third kappa shape index (κ3) is 2.42. The summed E-state index contributed by atoms with van der Waals surface area (Å²) in [5, 5.41) is 3.22. The second-order valence-electron chi connectivity index (χ2n) is 4.66. The molecule has 4 nitrogen and oxygen atoms in total. The van der Waals surface area contributed by atoms with Gasteiger partial charge in [0.25, 0.3) is 0 Å². The molecule has 0 aliphatic carbocycles. The summed E-state index contributed by atoms with van der Waals surface area (Å²) in [4.78, 5) is 13.7. The van der Waals surface area contributed by atoms with Gasteiger partial charge in [-0.2, -0.15) is 0 Å². The van der Waals surface area contributed by atoms with Gasteiger partial charge in [0, 0.05) is 12.2 Å². The Morgan fingerprint density at radius 2 is 2.10 bits per heavy atom. The molecule has 0 unspecified atom stereocenters. The Morgan fingerprint density at radius 1 is 1.25 bits per heavy atom. The van der Waals surface area contributed by atoms with Gasteiger partial charge in [0.15, 0.2) is 5.58 Å². The molecule has 2 aromatic carbocycles. The van der Waals surface area contributed by atoms with E-state index in [0.29, 0.717) is 23.2 Å². The van der Waals surface area contributed by atoms with E-state index in [1.54, 1.807) is 31.2 Å². The molecule has 102 valence electrons. The third-order valence-electron chi connectivity index (χ3n) is 3.14. The summed E-state index contributed by atoms with van der Waals surface area (Å²) in [5.41, 5.74) is 3.65. The summed E-state index contributed by atoms with van der Waals surface area (Å²) in [7, 11) is 0. The molecule has 0 aliphatic heterocycles. The number of fused-ring (bicyclic) bond motifs is 1. The summed E-state index contributed by atoms with van der Waals surface area (Å²) >= 11 is 0. The number of oxazole rings is 1. The van der Waals surface area contributed by atoms with E-state index in [4.69, 9.17) is 4.42 Å². The Balaban J connectivity index is 1.78. The monoisotopic (exact) mass is 272 g/mol. The highest BCUT2D eigenvalue weighted by molar-refractivity contribution is 5.76. The van der Waals surface area contributed by atoms with Crippen LogP contribution in [0.25, 0.3) is 11.1 Å². The number of H-pyrrole nitrogens is 1. The average molecular weight is 272 g/mol. The zero-order chi connectivity index (χ0) is 14.1. The van der Waals surface area contributed by atoms with Gasteiger partial charge in [0.2, 0.25) is 0 Å². The minimum Gasteiger partial charge on any atom is -0.408 e. The number of benzene rings is 2. The predicted molar refractivity (Wildman–Crippen MR) is 75.3 cm³/mol. The standard InChI is InChI=1S/C15H13FN2O2/c1-9-6-10(2-4-12(9)16)8-17-11-3-5-14-13(7-11)18-15(19)20-14/h2-7,17H,8H2,1H3,(H,18,19). The largest absolute Gasteiger partial charge is 0.417 e. The lowest BCUT2D eigenvalue weighted by molar-refractivity contribution is 0.555. The molecule has 2 N–H and O–H groups in total. The quantitative estimate of drug-likeness (QED) is 0.770. The van der Waals surface area contributed by atoms with Crippen molar-refractivity contribution in [3.63, 3.8) is 0 Å². The van der Waals surface area contributed by atoms with Gasteiger partial charge in [0.05, 0.1) is 5.52 Å². The maximum absolute atomic E-state index is 13.2. The van der Waals surface area contributed by atoms with Crippen molar-refractivity contribution in [3.8, 4) is 0 Å². The maximum Gasteiger partial charge on any atom is 0.417 e. The number of rotatable bonds is 3. The van der Waals surface area contributed by atoms with Crippen LogP contribution in [0.15, 0.2) is 45.6 Å². The van der Waals surface area contributed by atoms with Crippen molar-refractivity contribution in [2.24, 2.45) is 0 Å². The summed E-state index contributed by atoms with van der Waals surface area (Å²) in [5.74, 6) is -0.669. The third-order valence-corrected chi connectivity index (χ3v) is 3.14. The van der Waals surface area contributed by atoms with Gasteiger partial charge in [0.1, 0.15) is 5.82 Å². The Bertz CT molecular complexity index is 820. The molecule has 5 heteroatoms. The van der Waals surface area contributed by atoms with Crippen LogP contribution in [0, 0.1) is 12.7 Å². The highest BCUT2D eigenvalue weighted by Crippen LogP contribution is 2.17. The molecule has 0 radical (unpaired) electrons. The molecule has 20 heavy (non-hydrogen) atoms. The van der Waals surface area contributed by atoms with E-state index in [0.717, 1.165) is 11.3 Å². The molecule has 3 aromatic rings. The van der Waals surface area contributed by atoms with Gasteiger partial charge in [-0.1, -0.05) is 12.1 Å². The topological polar surface area (TPSA) is 58.0 Å². The average Bonchev–Trinajstić information content (AvgIpc) is 2.79. The van der Waals surface area contributed by atoms with Crippen LogP contribution in [0.4, 0.5) is 10.1 Å². The fraction of sp³-hybridized carbons (Fsp3) is 0.133. The van der Waals surface area contributed by atoms with Crippen LogP contribution in [-0.4, -0.2) is 4.98 Å². The fourth-order valence-corrected chi connectivity index (χ4v) is 2.08. The van der Waals surface area contributed by atoms with E-state index >= 15 is 0 Å². The van der Waals surface area contributed by atoms with Crippen molar-refractivity contribution in [3.05, 3.63) is 63.9 Å². The van der Waals surface area contributed by atoms with Gasteiger partial charge in [-0.15, -0.1) is 0 Å². The van der Waals surface area contributed by atoms with Crippen LogP contribution in [0.3, 0.4) is 0 Å². The molecule has 0 bridgehead atoms. The Morgan fingerprint density at radius 3 is 2.90 bits per heavy atom. The molecule has 0 saturated carbocycles. The van der Waals surface area contributed by atoms with Crippen LogP contribution in [0.2, 0.25) is 0 Å². The summed E-state index contributed by atoms with van der Waals surface area (Å²) in [6, 6.07) is 10.4. The molecule has 0 amide bonds. The lowest BCUT2D eigenvalue weighted by Gasteiger charge is -2.07. The number of aromatic nitrogens is 1. The number of hydrogen-bond donors (Lipinski definition) is 2. The van der Waals surface area contributed by atoms with Crippen molar-refractivity contribution in [1.82, 2.24) is 4.98 Å². The Labute approximate surface area is 114 Å². The molecule has 1 aromatic heterocycles. The van der Waals surface area contributed by atoms with E-state index < -0.39 is 5.76 Å². The van der Waals surface area contributed by atoms with Crippen LogP contribution < -0.4 is 11.1 Å². The van der Waals surface area contributed by atoms with Gasteiger partial charge in [-0.3, -0.25) is 4.98 Å². The zero-order valence-corrected chi connectivity index (χ0v) is 10.9. The predicted octanol–water partition coefficient (Wildman–Crippen LogP) is 3.18. The van der Waals surface area contributed by atoms with Crippen LogP contribution >= 0.6 is 0 Å². The van der Waals surface area contributed by atoms with Crippen molar-refractivity contribution < 1.29 is 8.81 Å². The smallest absolute Gasteiger partial charge is 0.408 e. The van der Waals surface area contributed by atoms with Crippen molar-refractivity contribution in [2.75, 3.05) is 5.32 Å². The summed E-state index contributed by atoms with van der Waals surface area (Å²) in [6.45, 7) is 2.32. The minimum atomic E-state index is -0.466. The fourth-order valence-electron chi connectivity index (χ4n) is 2.08. The van der Waals surface area contributed by atoms with Crippen LogP contribution in [0.1, 0.15) is 11.1 Å². The molecule has 0 atom stereocenters. The number of anilines is 1.